The van der Waals surface area contributed by atoms with Gasteiger partial charge >= 0.3 is 6.18 Å². The number of alkyl halides is 3. The Balaban J connectivity index is 2.01. The van der Waals surface area contributed by atoms with Gasteiger partial charge in [-0.05, 0) is 49.2 Å². The smallest absolute Gasteiger partial charge is 0.326 e. The summed E-state index contributed by atoms with van der Waals surface area (Å²) >= 11 is 0. The largest absolute Gasteiger partial charge is 0.418 e. The summed E-state index contributed by atoms with van der Waals surface area (Å²) in [6.07, 6.45) is -5.18. The number of para-hydroxylation sites is 1. The third-order valence-electron chi connectivity index (χ3n) is 3.62. The summed E-state index contributed by atoms with van der Waals surface area (Å²) in [7, 11) is 0. The van der Waals surface area contributed by atoms with Gasteiger partial charge in [0.15, 0.2) is 0 Å². The van der Waals surface area contributed by atoms with Crippen LogP contribution in [0.1, 0.15) is 23.1 Å². The number of aryl methyl sites for hydroxylation is 2. The SMILES string of the molecule is Cc1ccc(NC(=O)CC(=O)Nc2ccccc2C(F)(F)F)cc1C. The lowest BCUT2D eigenvalue weighted by molar-refractivity contribution is -0.137. The Hall–Kier alpha value is -2.83. The van der Waals surface area contributed by atoms with Crippen LogP contribution in [0.4, 0.5) is 24.5 Å². The molecule has 7 heteroatoms. The van der Waals surface area contributed by atoms with Crippen molar-refractivity contribution < 1.29 is 22.8 Å². The number of nitrogens with one attached hydrogen (secondary N) is 2. The molecule has 0 aliphatic heterocycles. The minimum atomic E-state index is -4.59. The Morgan fingerprint density at radius 3 is 2.20 bits per heavy atom. The zero-order chi connectivity index (χ0) is 18.6. The van der Waals surface area contributed by atoms with Crippen LogP contribution in [0.3, 0.4) is 0 Å². The van der Waals surface area contributed by atoms with Gasteiger partial charge in [-0.3, -0.25) is 9.59 Å². The highest BCUT2D eigenvalue weighted by Gasteiger charge is 2.33. The van der Waals surface area contributed by atoms with Crippen molar-refractivity contribution in [1.82, 2.24) is 0 Å². The summed E-state index contributed by atoms with van der Waals surface area (Å²) in [5, 5.41) is 4.68. The molecule has 2 rings (SSSR count). The van der Waals surface area contributed by atoms with Crippen molar-refractivity contribution in [2.75, 3.05) is 10.6 Å². The molecular weight excluding hydrogens is 333 g/mol. The molecule has 2 N–H and O–H groups in total. The molecule has 132 valence electrons. The Kier molecular flexibility index (Phi) is 5.46. The first-order valence-corrected chi connectivity index (χ1v) is 7.50. The van der Waals surface area contributed by atoms with Gasteiger partial charge in [0.1, 0.15) is 6.42 Å². The maximum Gasteiger partial charge on any atom is 0.418 e. The number of hydrogen-bond acceptors (Lipinski definition) is 2. The van der Waals surface area contributed by atoms with E-state index in [9.17, 15) is 22.8 Å². The topological polar surface area (TPSA) is 58.2 Å². The zero-order valence-electron chi connectivity index (χ0n) is 13.7. The highest BCUT2D eigenvalue weighted by Crippen LogP contribution is 2.34. The van der Waals surface area contributed by atoms with E-state index in [1.165, 1.54) is 12.1 Å². The standard InChI is InChI=1S/C18H17F3N2O2/c1-11-7-8-13(9-12(11)2)22-16(24)10-17(25)23-15-6-4-3-5-14(15)18(19,20)21/h3-9H,10H2,1-2H3,(H,22,24)(H,23,25). The number of anilines is 2. The third kappa shape index (κ3) is 5.07. The number of benzene rings is 2. The molecule has 0 heterocycles. The number of hydrogen-bond donors (Lipinski definition) is 2. The molecule has 0 fully saturated rings. The van der Waals surface area contributed by atoms with Crippen LogP contribution in [0.15, 0.2) is 42.5 Å². The number of halogens is 3. The van der Waals surface area contributed by atoms with Gasteiger partial charge in [-0.1, -0.05) is 18.2 Å². The molecule has 4 nitrogen and oxygen atoms in total. The minimum absolute atomic E-state index is 0.376. The Labute approximate surface area is 143 Å². The van der Waals surface area contributed by atoms with Gasteiger partial charge in [-0.15, -0.1) is 0 Å². The van der Waals surface area contributed by atoms with Crippen molar-refractivity contribution in [1.29, 1.82) is 0 Å². The molecule has 2 aromatic rings. The molecule has 0 aliphatic carbocycles. The van der Waals surface area contributed by atoms with Gasteiger partial charge in [-0.2, -0.15) is 13.2 Å². The highest BCUT2D eigenvalue weighted by molar-refractivity contribution is 6.08. The van der Waals surface area contributed by atoms with Crippen LogP contribution in [0, 0.1) is 13.8 Å². The second kappa shape index (κ2) is 7.38. The molecular formula is C18H17F3N2O2. The van der Waals surface area contributed by atoms with Crippen molar-refractivity contribution in [2.45, 2.75) is 26.4 Å². The van der Waals surface area contributed by atoms with E-state index in [0.29, 0.717) is 5.69 Å². The van der Waals surface area contributed by atoms with Gasteiger partial charge in [0.05, 0.1) is 11.3 Å². The van der Waals surface area contributed by atoms with Crippen LogP contribution in [0.2, 0.25) is 0 Å². The summed E-state index contributed by atoms with van der Waals surface area (Å²) in [5.41, 5.74) is 1.22. The molecule has 0 radical (unpaired) electrons. The molecule has 25 heavy (non-hydrogen) atoms. The minimum Gasteiger partial charge on any atom is -0.326 e. The first-order valence-electron chi connectivity index (χ1n) is 7.50. The van der Waals surface area contributed by atoms with Gasteiger partial charge in [0.2, 0.25) is 11.8 Å². The Morgan fingerprint density at radius 1 is 0.920 bits per heavy atom. The highest BCUT2D eigenvalue weighted by atomic mass is 19.4. The van der Waals surface area contributed by atoms with Gasteiger partial charge in [0, 0.05) is 5.69 Å². The lowest BCUT2D eigenvalue weighted by Crippen LogP contribution is -2.23. The normalized spacial score (nSPS) is 11.1. The maximum atomic E-state index is 12.9. The van der Waals surface area contributed by atoms with Crippen molar-refractivity contribution in [3.05, 3.63) is 59.2 Å². The third-order valence-corrected chi connectivity index (χ3v) is 3.62. The number of amides is 2. The molecule has 2 amide bonds. The monoisotopic (exact) mass is 350 g/mol. The summed E-state index contributed by atoms with van der Waals surface area (Å²) in [5.74, 6) is -1.43. The summed E-state index contributed by atoms with van der Waals surface area (Å²) in [6.45, 7) is 3.80. The molecule has 0 spiro atoms. The van der Waals surface area contributed by atoms with Crippen LogP contribution in [0.5, 0.6) is 0 Å². The van der Waals surface area contributed by atoms with Crippen molar-refractivity contribution >= 4 is 23.2 Å². The van der Waals surface area contributed by atoms with E-state index in [4.69, 9.17) is 0 Å². The number of carbonyl (C=O) groups excluding carboxylic acids is 2. The van der Waals surface area contributed by atoms with Gasteiger partial charge in [-0.25, -0.2) is 0 Å². The Morgan fingerprint density at radius 2 is 1.56 bits per heavy atom. The molecule has 0 aromatic heterocycles. The molecule has 0 saturated carbocycles. The lowest BCUT2D eigenvalue weighted by Gasteiger charge is -2.13. The first kappa shape index (κ1) is 18.5. The van der Waals surface area contributed by atoms with Gasteiger partial charge < -0.3 is 10.6 Å². The Bertz CT molecular complexity index is 801. The average molecular weight is 350 g/mol. The lowest BCUT2D eigenvalue weighted by atomic mass is 10.1. The fraction of sp³-hybridized carbons (Fsp3) is 0.222. The first-order chi connectivity index (χ1) is 11.7. The number of carbonyl (C=O) groups is 2. The quantitative estimate of drug-likeness (QED) is 0.808. The van der Waals surface area contributed by atoms with Crippen LogP contribution in [0.25, 0.3) is 0 Å². The van der Waals surface area contributed by atoms with E-state index in [-0.39, 0.29) is 5.69 Å². The van der Waals surface area contributed by atoms with E-state index in [0.717, 1.165) is 23.3 Å². The fourth-order valence-corrected chi connectivity index (χ4v) is 2.20. The van der Waals surface area contributed by atoms with Crippen molar-refractivity contribution in [3.63, 3.8) is 0 Å². The number of rotatable bonds is 4. The molecule has 0 bridgehead atoms. The van der Waals surface area contributed by atoms with Crippen LogP contribution in [-0.2, 0) is 15.8 Å². The second-order valence-electron chi connectivity index (χ2n) is 5.62. The van der Waals surface area contributed by atoms with E-state index >= 15 is 0 Å². The van der Waals surface area contributed by atoms with E-state index in [1.54, 1.807) is 12.1 Å². The van der Waals surface area contributed by atoms with Gasteiger partial charge in [0.25, 0.3) is 0 Å². The van der Waals surface area contributed by atoms with Crippen molar-refractivity contribution in [3.8, 4) is 0 Å². The van der Waals surface area contributed by atoms with E-state index < -0.39 is 30.0 Å². The summed E-state index contributed by atoms with van der Waals surface area (Å²) in [4.78, 5) is 23.8. The molecule has 0 aliphatic rings. The van der Waals surface area contributed by atoms with Crippen molar-refractivity contribution in [2.24, 2.45) is 0 Å². The van der Waals surface area contributed by atoms with E-state index in [2.05, 4.69) is 10.6 Å². The molecule has 0 saturated heterocycles. The summed E-state index contributed by atoms with van der Waals surface area (Å²) < 4.78 is 38.7. The maximum absolute atomic E-state index is 12.9. The second-order valence-corrected chi connectivity index (χ2v) is 5.62. The zero-order valence-corrected chi connectivity index (χ0v) is 13.7. The fourth-order valence-electron chi connectivity index (χ4n) is 2.20. The molecule has 0 atom stereocenters. The predicted octanol–water partition coefficient (Wildman–Crippen LogP) is 4.29. The summed E-state index contributed by atoms with van der Waals surface area (Å²) in [6, 6.07) is 9.88. The average Bonchev–Trinajstić information content (AvgIpc) is 2.50. The van der Waals surface area contributed by atoms with Crippen LogP contribution in [-0.4, -0.2) is 11.8 Å². The molecule has 0 unspecified atom stereocenters. The van der Waals surface area contributed by atoms with E-state index in [1.807, 2.05) is 19.9 Å². The van der Waals surface area contributed by atoms with Crippen LogP contribution < -0.4 is 10.6 Å². The predicted molar refractivity (Wildman–Crippen MR) is 89.2 cm³/mol. The molecule has 2 aromatic carbocycles. The van der Waals surface area contributed by atoms with Crippen LogP contribution >= 0.6 is 0 Å².